The predicted octanol–water partition coefficient (Wildman–Crippen LogP) is 4.18. The number of hydrogen-bond acceptors (Lipinski definition) is 6. The van der Waals surface area contributed by atoms with E-state index in [1.807, 2.05) is 6.08 Å². The maximum Gasteiger partial charge on any atom is 0.126 e. The standard InChI is InChI=1S/C30H36O6/c1-4-5-19-8-22(6-7-28(19)35-17-26-15-33-26)30(2,3)23-9-20(11-24-13-31-24)29(36-18-27-16-34-27)21(10-23)12-25-14-32-25/h4,6-10,24-27H,1,5,11-18H2,2-3H3/t24?,25?,26-,27?/m0/s1. The lowest BCUT2D eigenvalue weighted by molar-refractivity contribution is 0.257. The van der Waals surface area contributed by atoms with Gasteiger partial charge in [-0.3, -0.25) is 0 Å². The zero-order chi connectivity index (χ0) is 24.7. The first-order chi connectivity index (χ1) is 17.5. The van der Waals surface area contributed by atoms with Gasteiger partial charge in [0.05, 0.1) is 38.6 Å². The van der Waals surface area contributed by atoms with Crippen LogP contribution in [0.15, 0.2) is 43.0 Å². The Morgan fingerprint density at radius 1 is 0.778 bits per heavy atom. The summed E-state index contributed by atoms with van der Waals surface area (Å²) in [6.07, 6.45) is 5.42. The van der Waals surface area contributed by atoms with Crippen LogP contribution < -0.4 is 9.47 Å². The Morgan fingerprint density at radius 2 is 1.31 bits per heavy atom. The van der Waals surface area contributed by atoms with E-state index in [1.165, 1.54) is 22.3 Å². The quantitative estimate of drug-likeness (QED) is 0.291. The minimum absolute atomic E-state index is 0.214. The molecule has 4 heterocycles. The summed E-state index contributed by atoms with van der Waals surface area (Å²) in [5.74, 6) is 1.91. The molecule has 4 saturated heterocycles. The second-order valence-corrected chi connectivity index (χ2v) is 10.9. The molecule has 0 radical (unpaired) electrons. The van der Waals surface area contributed by atoms with Gasteiger partial charge in [-0.25, -0.2) is 0 Å². The van der Waals surface area contributed by atoms with Crippen molar-refractivity contribution in [2.24, 2.45) is 0 Å². The Labute approximate surface area is 213 Å². The number of rotatable bonds is 14. The highest BCUT2D eigenvalue weighted by molar-refractivity contribution is 5.52. The molecule has 192 valence electrons. The fourth-order valence-corrected chi connectivity index (χ4v) is 4.74. The van der Waals surface area contributed by atoms with Gasteiger partial charge in [0.2, 0.25) is 0 Å². The summed E-state index contributed by atoms with van der Waals surface area (Å²) in [5, 5.41) is 0. The fraction of sp³-hybridized carbons (Fsp3) is 0.533. The lowest BCUT2D eigenvalue weighted by Gasteiger charge is -2.29. The Hall–Kier alpha value is -2.38. The zero-order valence-corrected chi connectivity index (χ0v) is 21.3. The Bertz CT molecular complexity index is 1070. The fourth-order valence-electron chi connectivity index (χ4n) is 4.74. The van der Waals surface area contributed by atoms with Crippen LogP contribution in [-0.4, -0.2) is 64.1 Å². The van der Waals surface area contributed by atoms with Crippen LogP contribution in [0.25, 0.3) is 0 Å². The van der Waals surface area contributed by atoms with Crippen molar-refractivity contribution in [1.29, 1.82) is 0 Å². The third kappa shape index (κ3) is 5.78. The van der Waals surface area contributed by atoms with Crippen molar-refractivity contribution in [1.82, 2.24) is 0 Å². The van der Waals surface area contributed by atoms with E-state index in [1.54, 1.807) is 0 Å². The summed E-state index contributed by atoms with van der Waals surface area (Å²) in [6.45, 7) is 12.9. The van der Waals surface area contributed by atoms with Crippen LogP contribution in [0.4, 0.5) is 0 Å². The molecule has 36 heavy (non-hydrogen) atoms. The first kappa shape index (κ1) is 24.0. The highest BCUT2D eigenvalue weighted by atomic mass is 16.6. The molecule has 0 N–H and O–H groups in total. The van der Waals surface area contributed by atoms with Gasteiger partial charge in [0.25, 0.3) is 0 Å². The van der Waals surface area contributed by atoms with Gasteiger partial charge in [-0.05, 0) is 40.3 Å². The van der Waals surface area contributed by atoms with E-state index >= 15 is 0 Å². The van der Waals surface area contributed by atoms with Crippen LogP contribution in [-0.2, 0) is 43.6 Å². The van der Waals surface area contributed by atoms with Gasteiger partial charge in [-0.2, -0.15) is 0 Å². The minimum atomic E-state index is -0.218. The first-order valence-corrected chi connectivity index (χ1v) is 13.1. The molecule has 4 aliphatic rings. The summed E-state index contributed by atoms with van der Waals surface area (Å²) in [4.78, 5) is 0. The Kier molecular flexibility index (Phi) is 6.54. The van der Waals surface area contributed by atoms with Crippen molar-refractivity contribution in [3.05, 3.63) is 70.8 Å². The highest BCUT2D eigenvalue weighted by Crippen LogP contribution is 2.40. The topological polar surface area (TPSA) is 68.6 Å². The first-order valence-electron chi connectivity index (χ1n) is 13.1. The van der Waals surface area contributed by atoms with Crippen LogP contribution in [0, 0.1) is 0 Å². The Morgan fingerprint density at radius 3 is 1.83 bits per heavy atom. The number of allylic oxidation sites excluding steroid dienone is 1. The van der Waals surface area contributed by atoms with Gasteiger partial charge in [0.1, 0.15) is 36.9 Å². The monoisotopic (exact) mass is 492 g/mol. The molecule has 0 aliphatic carbocycles. The molecule has 2 aromatic carbocycles. The van der Waals surface area contributed by atoms with Crippen molar-refractivity contribution < 1.29 is 28.4 Å². The van der Waals surface area contributed by atoms with E-state index < -0.39 is 0 Å². The average Bonchev–Trinajstić information content (AvgIpc) is 3.69. The van der Waals surface area contributed by atoms with Crippen molar-refractivity contribution in [2.45, 2.75) is 62.9 Å². The molecule has 6 nitrogen and oxygen atoms in total. The normalized spacial score (nSPS) is 25.8. The maximum absolute atomic E-state index is 6.37. The number of hydrogen-bond donors (Lipinski definition) is 0. The smallest absolute Gasteiger partial charge is 0.126 e. The molecule has 4 aliphatic heterocycles. The van der Waals surface area contributed by atoms with E-state index in [0.717, 1.165) is 62.8 Å². The molecule has 6 heteroatoms. The van der Waals surface area contributed by atoms with Crippen LogP contribution in [0.2, 0.25) is 0 Å². The van der Waals surface area contributed by atoms with E-state index in [-0.39, 0.29) is 29.8 Å². The van der Waals surface area contributed by atoms with Crippen LogP contribution in [0.1, 0.15) is 41.7 Å². The minimum Gasteiger partial charge on any atom is -0.490 e. The molecule has 4 fully saturated rings. The molecule has 0 bridgehead atoms. The second-order valence-electron chi connectivity index (χ2n) is 10.9. The SMILES string of the molecule is C=CCc1cc(C(C)(C)c2cc(CC3CO3)c(OCC3CO3)c(CC3CO3)c2)ccc1OC[C@@H]1CO1. The van der Waals surface area contributed by atoms with E-state index in [2.05, 4.69) is 50.8 Å². The molecule has 2 aromatic rings. The molecule has 6 rings (SSSR count). The predicted molar refractivity (Wildman–Crippen MR) is 136 cm³/mol. The maximum atomic E-state index is 6.37. The number of benzene rings is 2. The summed E-state index contributed by atoms with van der Waals surface area (Å²) in [7, 11) is 0. The molecule has 0 amide bonds. The van der Waals surface area contributed by atoms with Crippen molar-refractivity contribution in [3.63, 3.8) is 0 Å². The molecular weight excluding hydrogens is 456 g/mol. The summed E-state index contributed by atoms with van der Waals surface area (Å²) < 4.78 is 34.4. The van der Waals surface area contributed by atoms with E-state index in [4.69, 9.17) is 28.4 Å². The van der Waals surface area contributed by atoms with Crippen molar-refractivity contribution >= 4 is 0 Å². The van der Waals surface area contributed by atoms with Gasteiger partial charge in [0.15, 0.2) is 0 Å². The van der Waals surface area contributed by atoms with Gasteiger partial charge in [-0.15, -0.1) is 6.58 Å². The lowest BCUT2D eigenvalue weighted by atomic mass is 9.76. The molecule has 0 spiro atoms. The third-order valence-electron chi connectivity index (χ3n) is 7.45. The summed E-state index contributed by atoms with van der Waals surface area (Å²) >= 11 is 0. The van der Waals surface area contributed by atoms with Gasteiger partial charge in [-0.1, -0.05) is 44.2 Å². The molecule has 0 saturated carbocycles. The molecule has 0 aromatic heterocycles. The molecule has 4 atom stereocenters. The third-order valence-corrected chi connectivity index (χ3v) is 7.45. The van der Waals surface area contributed by atoms with Crippen molar-refractivity contribution in [2.75, 3.05) is 39.6 Å². The average molecular weight is 493 g/mol. The summed E-state index contributed by atoms with van der Waals surface area (Å²) in [6, 6.07) is 11.2. The molecular formula is C30H36O6. The van der Waals surface area contributed by atoms with Gasteiger partial charge >= 0.3 is 0 Å². The van der Waals surface area contributed by atoms with Crippen LogP contribution in [0.5, 0.6) is 11.5 Å². The van der Waals surface area contributed by atoms with E-state index in [9.17, 15) is 0 Å². The molecule has 3 unspecified atom stereocenters. The van der Waals surface area contributed by atoms with Crippen molar-refractivity contribution in [3.8, 4) is 11.5 Å². The number of epoxide rings is 4. The van der Waals surface area contributed by atoms with Gasteiger partial charge in [0, 0.05) is 18.3 Å². The Balaban J connectivity index is 1.34. The number of ether oxygens (including phenoxy) is 6. The largest absolute Gasteiger partial charge is 0.490 e. The lowest BCUT2D eigenvalue weighted by Crippen LogP contribution is -2.21. The van der Waals surface area contributed by atoms with Crippen LogP contribution >= 0.6 is 0 Å². The van der Waals surface area contributed by atoms with E-state index in [0.29, 0.717) is 13.2 Å². The van der Waals surface area contributed by atoms with Gasteiger partial charge < -0.3 is 28.4 Å². The zero-order valence-electron chi connectivity index (χ0n) is 21.3. The highest BCUT2D eigenvalue weighted by Gasteiger charge is 2.33. The van der Waals surface area contributed by atoms with Crippen LogP contribution in [0.3, 0.4) is 0 Å². The summed E-state index contributed by atoms with van der Waals surface area (Å²) in [5.41, 5.74) is 5.89. The second kappa shape index (κ2) is 9.82.